The van der Waals surface area contributed by atoms with E-state index in [4.69, 9.17) is 12.8 Å². The number of terminal acetylenes is 2. The first-order valence-corrected chi connectivity index (χ1v) is 5.24. The van der Waals surface area contributed by atoms with Crippen molar-refractivity contribution in [2.75, 3.05) is 0 Å². The lowest BCUT2D eigenvalue weighted by atomic mass is 10.2. The predicted octanol–water partition coefficient (Wildman–Crippen LogP) is 3.38. The van der Waals surface area contributed by atoms with Gasteiger partial charge in [0.2, 0.25) is 0 Å². The van der Waals surface area contributed by atoms with Gasteiger partial charge in [0.25, 0.3) is 0 Å². The molecule has 0 aliphatic carbocycles. The Morgan fingerprint density at radius 3 is 1.29 bits per heavy atom. The fraction of sp³-hybridized carbons (Fsp3) is 0.571. The molecule has 0 amide bonds. The summed E-state index contributed by atoms with van der Waals surface area (Å²) in [5, 5.41) is 0. The molecule has 0 radical (unpaired) electrons. The predicted molar refractivity (Wildman–Crippen MR) is 62.4 cm³/mol. The highest BCUT2D eigenvalue weighted by Gasteiger charge is 1.83. The van der Waals surface area contributed by atoms with Crippen LogP contribution in [0.4, 0.5) is 0 Å². The van der Waals surface area contributed by atoms with Crippen molar-refractivity contribution in [2.24, 2.45) is 0 Å². The molecule has 0 fully saturated rings. The molecule has 0 saturated carbocycles. The lowest BCUT2D eigenvalue weighted by molar-refractivity contribution is 0.772. The standard InChI is InChI=1S/C14H18/c1-3-5-7-9-11-13-14-12-10-8-6-4-2/h1-2H,5-12H2. The molecule has 0 heterocycles. The second kappa shape index (κ2) is 11.7. The zero-order valence-electron chi connectivity index (χ0n) is 8.81. The first kappa shape index (κ1) is 12.7. The minimum atomic E-state index is 0.879. The van der Waals surface area contributed by atoms with Crippen LogP contribution in [0.3, 0.4) is 0 Å². The fourth-order valence-electron chi connectivity index (χ4n) is 1.06. The smallest absolute Gasteiger partial charge is 0.00890 e. The van der Waals surface area contributed by atoms with Gasteiger partial charge in [-0.3, -0.25) is 0 Å². The lowest BCUT2D eigenvalue weighted by Gasteiger charge is -1.90. The number of unbranched alkanes of at least 4 members (excludes halogenated alkanes) is 6. The van der Waals surface area contributed by atoms with E-state index < -0.39 is 0 Å². The van der Waals surface area contributed by atoms with E-state index in [1.54, 1.807) is 0 Å². The van der Waals surface area contributed by atoms with Gasteiger partial charge in [0.15, 0.2) is 0 Å². The van der Waals surface area contributed by atoms with Gasteiger partial charge in [-0.25, -0.2) is 0 Å². The van der Waals surface area contributed by atoms with E-state index in [1.165, 1.54) is 0 Å². The zero-order valence-corrected chi connectivity index (χ0v) is 8.81. The Labute approximate surface area is 88.5 Å². The van der Waals surface area contributed by atoms with E-state index in [0.717, 1.165) is 51.4 Å². The lowest BCUT2D eigenvalue weighted by Crippen LogP contribution is -1.74. The summed E-state index contributed by atoms with van der Waals surface area (Å²) in [6, 6.07) is 0. The van der Waals surface area contributed by atoms with Crippen molar-refractivity contribution in [1.29, 1.82) is 0 Å². The van der Waals surface area contributed by atoms with Gasteiger partial charge in [0.1, 0.15) is 0 Å². The maximum Gasteiger partial charge on any atom is 0.00890 e. The van der Waals surface area contributed by atoms with Gasteiger partial charge in [-0.1, -0.05) is 0 Å². The Morgan fingerprint density at radius 2 is 0.929 bits per heavy atom. The molecule has 0 aromatic heterocycles. The molecule has 0 aromatic carbocycles. The third kappa shape index (κ3) is 10.7. The molecule has 0 rings (SSSR count). The minimum absolute atomic E-state index is 0.879. The van der Waals surface area contributed by atoms with Gasteiger partial charge >= 0.3 is 0 Å². The van der Waals surface area contributed by atoms with Crippen molar-refractivity contribution < 1.29 is 0 Å². The Hall–Kier alpha value is -1.32. The molecule has 0 atom stereocenters. The summed E-state index contributed by atoms with van der Waals surface area (Å²) in [5.41, 5.74) is 0. The van der Waals surface area contributed by atoms with Crippen molar-refractivity contribution in [3.8, 4) is 36.5 Å². The molecule has 0 aliphatic heterocycles. The van der Waals surface area contributed by atoms with Gasteiger partial charge in [0.05, 0.1) is 0 Å². The molecule has 0 unspecified atom stereocenters. The van der Waals surface area contributed by atoms with Crippen LogP contribution in [0.1, 0.15) is 51.4 Å². The van der Waals surface area contributed by atoms with E-state index in [1.807, 2.05) is 0 Å². The second-order valence-electron chi connectivity index (χ2n) is 3.18. The Balaban J connectivity index is 3.12. The van der Waals surface area contributed by atoms with Crippen molar-refractivity contribution in [3.63, 3.8) is 0 Å². The van der Waals surface area contributed by atoms with Crippen LogP contribution >= 0.6 is 0 Å². The quantitative estimate of drug-likeness (QED) is 0.440. The van der Waals surface area contributed by atoms with Gasteiger partial charge < -0.3 is 0 Å². The maximum atomic E-state index is 5.14. The normalized spacial score (nSPS) is 8.14. The Kier molecular flexibility index (Phi) is 10.6. The van der Waals surface area contributed by atoms with E-state index in [-0.39, 0.29) is 0 Å². The molecule has 74 valence electrons. The summed E-state index contributed by atoms with van der Waals surface area (Å²) < 4.78 is 0. The summed E-state index contributed by atoms with van der Waals surface area (Å²) in [7, 11) is 0. The summed E-state index contributed by atoms with van der Waals surface area (Å²) in [5.74, 6) is 11.6. The molecule has 0 nitrogen and oxygen atoms in total. The molecule has 0 N–H and O–H groups in total. The van der Waals surface area contributed by atoms with Crippen LogP contribution in [0.2, 0.25) is 0 Å². The van der Waals surface area contributed by atoms with Crippen LogP contribution in [0.15, 0.2) is 0 Å². The highest BCUT2D eigenvalue weighted by Crippen LogP contribution is 1.99. The molecular weight excluding hydrogens is 168 g/mol. The highest BCUT2D eigenvalue weighted by atomic mass is 13.9. The van der Waals surface area contributed by atoms with E-state index in [9.17, 15) is 0 Å². The second-order valence-corrected chi connectivity index (χ2v) is 3.18. The molecular formula is C14H18. The summed E-state index contributed by atoms with van der Waals surface area (Å²) >= 11 is 0. The fourth-order valence-corrected chi connectivity index (χ4v) is 1.06. The molecule has 0 aromatic rings. The first-order chi connectivity index (χ1) is 6.91. The molecule has 0 aliphatic rings. The summed E-state index contributed by atoms with van der Waals surface area (Å²) in [6.07, 6.45) is 18.4. The van der Waals surface area contributed by atoms with Crippen molar-refractivity contribution in [3.05, 3.63) is 0 Å². The highest BCUT2D eigenvalue weighted by molar-refractivity contribution is 4.99. The number of hydrogen-bond donors (Lipinski definition) is 0. The van der Waals surface area contributed by atoms with Crippen molar-refractivity contribution >= 4 is 0 Å². The average molecular weight is 186 g/mol. The van der Waals surface area contributed by atoms with E-state index in [2.05, 4.69) is 23.7 Å². The Bertz CT molecular complexity index is 222. The van der Waals surface area contributed by atoms with Gasteiger partial charge in [-0.2, -0.15) is 0 Å². The van der Waals surface area contributed by atoms with E-state index in [0.29, 0.717) is 0 Å². The zero-order chi connectivity index (χ0) is 10.5. The molecule has 0 heteroatoms. The average Bonchev–Trinajstić information content (AvgIpc) is 2.21. The van der Waals surface area contributed by atoms with Gasteiger partial charge in [-0.05, 0) is 25.7 Å². The third-order valence-corrected chi connectivity index (χ3v) is 1.87. The summed E-state index contributed by atoms with van der Waals surface area (Å²) in [4.78, 5) is 0. The first-order valence-electron chi connectivity index (χ1n) is 5.24. The van der Waals surface area contributed by atoms with Gasteiger partial charge in [-0.15, -0.1) is 36.5 Å². The molecule has 0 saturated heterocycles. The number of hydrogen-bond acceptors (Lipinski definition) is 0. The van der Waals surface area contributed by atoms with Crippen LogP contribution in [0.25, 0.3) is 0 Å². The van der Waals surface area contributed by atoms with Crippen LogP contribution in [0.5, 0.6) is 0 Å². The largest absolute Gasteiger partial charge is 0.120 e. The Morgan fingerprint density at radius 1 is 0.571 bits per heavy atom. The SMILES string of the molecule is C#CCCCCC#CCCCCC#C. The van der Waals surface area contributed by atoms with Crippen LogP contribution < -0.4 is 0 Å². The monoisotopic (exact) mass is 186 g/mol. The maximum absolute atomic E-state index is 5.14. The minimum Gasteiger partial charge on any atom is -0.120 e. The van der Waals surface area contributed by atoms with Crippen molar-refractivity contribution in [1.82, 2.24) is 0 Å². The van der Waals surface area contributed by atoms with E-state index >= 15 is 0 Å². The van der Waals surface area contributed by atoms with Crippen LogP contribution in [-0.4, -0.2) is 0 Å². The van der Waals surface area contributed by atoms with Crippen molar-refractivity contribution in [2.45, 2.75) is 51.4 Å². The molecule has 0 spiro atoms. The molecule has 0 bridgehead atoms. The third-order valence-electron chi connectivity index (χ3n) is 1.87. The van der Waals surface area contributed by atoms with Crippen LogP contribution in [0, 0.1) is 36.5 Å². The van der Waals surface area contributed by atoms with Crippen LogP contribution in [-0.2, 0) is 0 Å². The number of rotatable bonds is 6. The molecule has 14 heavy (non-hydrogen) atoms. The summed E-state index contributed by atoms with van der Waals surface area (Å²) in [6.45, 7) is 0. The topological polar surface area (TPSA) is 0 Å². The van der Waals surface area contributed by atoms with Gasteiger partial charge in [0, 0.05) is 25.7 Å².